The van der Waals surface area contributed by atoms with Crippen LogP contribution in [0.15, 0.2) is 24.3 Å². The van der Waals surface area contributed by atoms with Crippen LogP contribution in [0.4, 0.5) is 11.4 Å². The Labute approximate surface area is 159 Å². The third kappa shape index (κ3) is 4.56. The van der Waals surface area contributed by atoms with Crippen LogP contribution in [-0.2, 0) is 9.53 Å². The summed E-state index contributed by atoms with van der Waals surface area (Å²) in [6, 6.07) is 6.50. The predicted octanol–water partition coefficient (Wildman–Crippen LogP) is 1.74. The number of morpholine rings is 1. The molecule has 0 bridgehead atoms. The lowest BCUT2D eigenvalue weighted by atomic mass is 10.1. The number of piperazine rings is 1. The summed E-state index contributed by atoms with van der Waals surface area (Å²) < 4.78 is 5.72. The van der Waals surface area contributed by atoms with Gasteiger partial charge in [0.25, 0.3) is 5.69 Å². The molecule has 1 amide bonds. The van der Waals surface area contributed by atoms with Crippen LogP contribution in [0.25, 0.3) is 0 Å². The van der Waals surface area contributed by atoms with Crippen molar-refractivity contribution in [3.05, 3.63) is 34.4 Å². The maximum absolute atomic E-state index is 12.9. The number of rotatable bonds is 4. The van der Waals surface area contributed by atoms with Crippen LogP contribution in [0.3, 0.4) is 0 Å². The van der Waals surface area contributed by atoms with Gasteiger partial charge in [-0.05, 0) is 32.9 Å². The highest BCUT2D eigenvalue weighted by Crippen LogP contribution is 2.22. The Morgan fingerprint density at radius 2 is 1.67 bits per heavy atom. The molecule has 3 rings (SSSR count). The van der Waals surface area contributed by atoms with Gasteiger partial charge in [0, 0.05) is 57.1 Å². The molecule has 8 nitrogen and oxygen atoms in total. The Kier molecular flexibility index (Phi) is 5.96. The molecule has 0 radical (unpaired) electrons. The molecule has 8 heteroatoms. The Bertz CT molecular complexity index is 663. The van der Waals surface area contributed by atoms with Crippen molar-refractivity contribution >= 4 is 17.3 Å². The number of carbonyl (C=O) groups excluding carboxylic acids is 1. The molecule has 0 aliphatic carbocycles. The summed E-state index contributed by atoms with van der Waals surface area (Å²) in [6.07, 6.45) is 0.146. The number of hydrogen-bond acceptors (Lipinski definition) is 6. The SMILES string of the molecule is CC1CN(C(=O)C(C)N2CCN(c3ccc([N+](=O)[O-])cc3)CC2)CC(C)O1. The van der Waals surface area contributed by atoms with Crippen LogP contribution in [-0.4, -0.2) is 78.1 Å². The van der Waals surface area contributed by atoms with E-state index in [0.717, 1.165) is 31.9 Å². The van der Waals surface area contributed by atoms with Crippen molar-refractivity contribution in [3.8, 4) is 0 Å². The molecule has 2 saturated heterocycles. The van der Waals surface area contributed by atoms with E-state index in [2.05, 4.69) is 9.80 Å². The third-order valence-electron chi connectivity index (χ3n) is 5.38. The average Bonchev–Trinajstić information content (AvgIpc) is 2.66. The number of carbonyl (C=O) groups is 1. The largest absolute Gasteiger partial charge is 0.372 e. The minimum atomic E-state index is -0.387. The van der Waals surface area contributed by atoms with Crippen LogP contribution in [0.1, 0.15) is 20.8 Å². The van der Waals surface area contributed by atoms with Gasteiger partial charge in [0.05, 0.1) is 23.2 Å². The van der Waals surface area contributed by atoms with Crippen molar-refractivity contribution in [1.82, 2.24) is 9.80 Å². The number of non-ortho nitro benzene ring substituents is 1. The highest BCUT2D eigenvalue weighted by atomic mass is 16.6. The minimum Gasteiger partial charge on any atom is -0.372 e. The molecule has 1 aromatic rings. The first-order valence-corrected chi connectivity index (χ1v) is 9.53. The van der Waals surface area contributed by atoms with E-state index in [-0.39, 0.29) is 34.8 Å². The summed E-state index contributed by atoms with van der Waals surface area (Å²) in [5.74, 6) is 0.167. The van der Waals surface area contributed by atoms with Crippen LogP contribution in [0, 0.1) is 10.1 Å². The summed E-state index contributed by atoms with van der Waals surface area (Å²) in [5, 5.41) is 10.8. The topological polar surface area (TPSA) is 79.2 Å². The monoisotopic (exact) mass is 376 g/mol. The van der Waals surface area contributed by atoms with Gasteiger partial charge in [0.15, 0.2) is 0 Å². The normalized spacial score (nSPS) is 25.3. The molecule has 0 N–H and O–H groups in total. The standard InChI is InChI=1S/C19H28N4O4/c1-14-12-22(13-15(2)27-14)19(24)16(3)20-8-10-21(11-9-20)17-4-6-18(7-5-17)23(25)26/h4-7,14-16H,8-13H2,1-3H3. The zero-order chi connectivity index (χ0) is 19.6. The lowest BCUT2D eigenvalue weighted by Gasteiger charge is -2.42. The number of hydrogen-bond donors (Lipinski definition) is 0. The van der Waals surface area contributed by atoms with Gasteiger partial charge in [0.1, 0.15) is 0 Å². The van der Waals surface area contributed by atoms with Gasteiger partial charge in [-0.15, -0.1) is 0 Å². The number of nitrogens with zero attached hydrogens (tertiary/aromatic N) is 4. The fourth-order valence-corrected chi connectivity index (χ4v) is 3.93. The van der Waals surface area contributed by atoms with E-state index in [1.165, 1.54) is 12.1 Å². The third-order valence-corrected chi connectivity index (χ3v) is 5.38. The number of nitro groups is 1. The van der Waals surface area contributed by atoms with Crippen LogP contribution in [0.2, 0.25) is 0 Å². The maximum atomic E-state index is 12.9. The Morgan fingerprint density at radius 3 is 2.19 bits per heavy atom. The van der Waals surface area contributed by atoms with E-state index >= 15 is 0 Å². The van der Waals surface area contributed by atoms with E-state index in [9.17, 15) is 14.9 Å². The second-order valence-corrected chi connectivity index (χ2v) is 7.47. The Balaban J connectivity index is 1.55. The molecular formula is C19H28N4O4. The molecule has 0 saturated carbocycles. The van der Waals surface area contributed by atoms with Gasteiger partial charge in [-0.3, -0.25) is 19.8 Å². The summed E-state index contributed by atoms with van der Waals surface area (Å²) in [6.45, 7) is 10.5. The fourth-order valence-electron chi connectivity index (χ4n) is 3.93. The van der Waals surface area contributed by atoms with E-state index in [1.54, 1.807) is 12.1 Å². The number of amides is 1. The van der Waals surface area contributed by atoms with Crippen molar-refractivity contribution in [2.45, 2.75) is 39.0 Å². The molecule has 3 unspecified atom stereocenters. The molecule has 2 heterocycles. The summed E-state index contributed by atoms with van der Waals surface area (Å²) in [5.41, 5.74) is 1.08. The molecular weight excluding hydrogens is 348 g/mol. The highest BCUT2D eigenvalue weighted by Gasteiger charge is 2.32. The summed E-state index contributed by atoms with van der Waals surface area (Å²) in [7, 11) is 0. The predicted molar refractivity (Wildman–Crippen MR) is 103 cm³/mol. The second-order valence-electron chi connectivity index (χ2n) is 7.47. The quantitative estimate of drug-likeness (QED) is 0.588. The molecule has 3 atom stereocenters. The molecule has 0 aromatic heterocycles. The number of benzene rings is 1. The maximum Gasteiger partial charge on any atom is 0.269 e. The number of anilines is 1. The van der Waals surface area contributed by atoms with Crippen molar-refractivity contribution in [2.75, 3.05) is 44.2 Å². The van der Waals surface area contributed by atoms with Gasteiger partial charge in [-0.1, -0.05) is 0 Å². The highest BCUT2D eigenvalue weighted by molar-refractivity contribution is 5.81. The smallest absolute Gasteiger partial charge is 0.269 e. The van der Waals surface area contributed by atoms with Gasteiger partial charge < -0.3 is 14.5 Å². The average molecular weight is 376 g/mol. The molecule has 27 heavy (non-hydrogen) atoms. The molecule has 2 aliphatic heterocycles. The summed E-state index contributed by atoms with van der Waals surface area (Å²) in [4.78, 5) is 29.6. The fraction of sp³-hybridized carbons (Fsp3) is 0.632. The zero-order valence-corrected chi connectivity index (χ0v) is 16.2. The molecule has 2 fully saturated rings. The van der Waals surface area contributed by atoms with Crippen LogP contribution >= 0.6 is 0 Å². The first-order chi connectivity index (χ1) is 12.8. The first kappa shape index (κ1) is 19.6. The van der Waals surface area contributed by atoms with E-state index < -0.39 is 0 Å². The van der Waals surface area contributed by atoms with Crippen molar-refractivity contribution in [2.24, 2.45) is 0 Å². The Morgan fingerprint density at radius 1 is 1.11 bits per heavy atom. The molecule has 0 spiro atoms. The van der Waals surface area contributed by atoms with Gasteiger partial charge in [-0.25, -0.2) is 0 Å². The first-order valence-electron chi connectivity index (χ1n) is 9.53. The zero-order valence-electron chi connectivity index (χ0n) is 16.2. The van der Waals surface area contributed by atoms with Crippen molar-refractivity contribution < 1.29 is 14.5 Å². The van der Waals surface area contributed by atoms with Gasteiger partial charge in [-0.2, -0.15) is 0 Å². The lowest BCUT2D eigenvalue weighted by Crippen LogP contribution is -2.57. The molecule has 1 aromatic carbocycles. The molecule has 2 aliphatic rings. The summed E-state index contributed by atoms with van der Waals surface area (Å²) >= 11 is 0. The number of nitro benzene ring substituents is 1. The van der Waals surface area contributed by atoms with E-state index in [4.69, 9.17) is 4.74 Å². The Hall–Kier alpha value is -2.19. The van der Waals surface area contributed by atoms with Gasteiger partial charge in [0.2, 0.25) is 5.91 Å². The van der Waals surface area contributed by atoms with E-state index in [1.807, 2.05) is 25.7 Å². The number of ether oxygens (including phenoxy) is 1. The second kappa shape index (κ2) is 8.22. The van der Waals surface area contributed by atoms with Crippen LogP contribution < -0.4 is 4.90 Å². The van der Waals surface area contributed by atoms with E-state index in [0.29, 0.717) is 13.1 Å². The lowest BCUT2D eigenvalue weighted by molar-refractivity contribution is -0.384. The van der Waals surface area contributed by atoms with Crippen LogP contribution in [0.5, 0.6) is 0 Å². The molecule has 148 valence electrons. The minimum absolute atomic E-state index is 0.0730. The van der Waals surface area contributed by atoms with Gasteiger partial charge >= 0.3 is 0 Å². The van der Waals surface area contributed by atoms with Crippen molar-refractivity contribution in [3.63, 3.8) is 0 Å². The van der Waals surface area contributed by atoms with Crippen molar-refractivity contribution in [1.29, 1.82) is 0 Å².